The molecular formula is C12H18N2O3. The van der Waals surface area contributed by atoms with Crippen molar-refractivity contribution >= 4 is 11.6 Å². The second-order valence-corrected chi connectivity index (χ2v) is 3.73. The molecule has 0 fully saturated rings. The second kappa shape index (κ2) is 5.43. The lowest BCUT2D eigenvalue weighted by molar-refractivity contribution is -0.116. The second-order valence-electron chi connectivity index (χ2n) is 3.73. The molecule has 0 aromatic heterocycles. The third kappa shape index (κ3) is 2.81. The maximum absolute atomic E-state index is 10.8. The molecule has 0 aliphatic rings. The van der Waals surface area contributed by atoms with Gasteiger partial charge >= 0.3 is 0 Å². The molecule has 0 unspecified atom stereocenters. The topological polar surface area (TPSA) is 73.6 Å². The van der Waals surface area contributed by atoms with Gasteiger partial charge < -0.3 is 20.5 Å². The minimum Gasteiger partial charge on any atom is -0.496 e. The van der Waals surface area contributed by atoms with E-state index in [0.717, 1.165) is 16.9 Å². The first-order valence-corrected chi connectivity index (χ1v) is 5.25. The van der Waals surface area contributed by atoms with Gasteiger partial charge in [-0.15, -0.1) is 0 Å². The van der Waals surface area contributed by atoms with Crippen LogP contribution < -0.4 is 20.5 Å². The first-order valence-electron chi connectivity index (χ1n) is 5.25. The molecule has 94 valence electrons. The molecule has 0 saturated heterocycles. The number of hydrogen-bond acceptors (Lipinski definition) is 4. The van der Waals surface area contributed by atoms with Gasteiger partial charge in [0.1, 0.15) is 11.5 Å². The van der Waals surface area contributed by atoms with Crippen LogP contribution in [0.25, 0.3) is 0 Å². The van der Waals surface area contributed by atoms with Gasteiger partial charge in [-0.3, -0.25) is 4.79 Å². The zero-order chi connectivity index (χ0) is 13.0. The summed E-state index contributed by atoms with van der Waals surface area (Å²) in [6.07, 6.45) is 0. The Morgan fingerprint density at radius 2 is 1.94 bits per heavy atom. The molecule has 0 aliphatic heterocycles. The number of methoxy groups -OCH3 is 2. The van der Waals surface area contributed by atoms with E-state index in [2.05, 4.69) is 5.32 Å². The lowest BCUT2D eigenvalue weighted by Crippen LogP contribution is -2.22. The first kappa shape index (κ1) is 13.2. The zero-order valence-corrected chi connectivity index (χ0v) is 10.6. The summed E-state index contributed by atoms with van der Waals surface area (Å²) in [7, 11) is 3.19. The normalized spacial score (nSPS) is 9.88. The van der Waals surface area contributed by atoms with Crippen LogP contribution in [0, 0.1) is 13.8 Å². The monoisotopic (exact) mass is 238 g/mol. The predicted molar refractivity (Wildman–Crippen MR) is 66.7 cm³/mol. The standard InChI is InChI=1S/C12H18N2O3/c1-7-8(2)12(17-4)9(5-10(7)16-3)14-6-11(13)15/h5,14H,6H2,1-4H3,(H2,13,15). The summed E-state index contributed by atoms with van der Waals surface area (Å²) < 4.78 is 10.6. The maximum Gasteiger partial charge on any atom is 0.236 e. The average molecular weight is 238 g/mol. The predicted octanol–water partition coefficient (Wildman–Crippen LogP) is 1.22. The Morgan fingerprint density at radius 3 is 2.41 bits per heavy atom. The number of carbonyl (C=O) groups is 1. The smallest absolute Gasteiger partial charge is 0.236 e. The van der Waals surface area contributed by atoms with Crippen molar-refractivity contribution in [1.29, 1.82) is 0 Å². The minimum atomic E-state index is -0.427. The van der Waals surface area contributed by atoms with Crippen molar-refractivity contribution in [3.63, 3.8) is 0 Å². The van der Waals surface area contributed by atoms with Crippen LogP contribution in [0.3, 0.4) is 0 Å². The number of carbonyl (C=O) groups excluding carboxylic acids is 1. The molecule has 0 aliphatic carbocycles. The third-order valence-corrected chi connectivity index (χ3v) is 2.67. The van der Waals surface area contributed by atoms with E-state index >= 15 is 0 Å². The SMILES string of the molecule is COc1cc(NCC(N)=O)c(OC)c(C)c1C. The fourth-order valence-corrected chi connectivity index (χ4v) is 1.65. The molecule has 0 radical (unpaired) electrons. The molecule has 3 N–H and O–H groups in total. The van der Waals surface area contributed by atoms with Gasteiger partial charge in [0.2, 0.25) is 5.91 Å². The summed E-state index contributed by atoms with van der Waals surface area (Å²) in [4.78, 5) is 10.8. The van der Waals surface area contributed by atoms with E-state index in [1.165, 1.54) is 0 Å². The molecule has 0 bridgehead atoms. The quantitative estimate of drug-likeness (QED) is 0.808. The Labute approximate surface area is 101 Å². The van der Waals surface area contributed by atoms with Crippen molar-refractivity contribution in [1.82, 2.24) is 0 Å². The summed E-state index contributed by atoms with van der Waals surface area (Å²) in [5.74, 6) is 1.02. The Kier molecular flexibility index (Phi) is 4.20. The van der Waals surface area contributed by atoms with Gasteiger partial charge in [0.05, 0.1) is 26.5 Å². The van der Waals surface area contributed by atoms with E-state index in [-0.39, 0.29) is 6.54 Å². The van der Waals surface area contributed by atoms with Gasteiger partial charge in [-0.2, -0.15) is 0 Å². The van der Waals surface area contributed by atoms with Crippen molar-refractivity contribution in [3.8, 4) is 11.5 Å². The molecule has 5 heteroatoms. The van der Waals surface area contributed by atoms with Crippen LogP contribution in [0.4, 0.5) is 5.69 Å². The molecule has 0 atom stereocenters. The molecular weight excluding hydrogens is 220 g/mol. The molecule has 17 heavy (non-hydrogen) atoms. The van der Waals surface area contributed by atoms with Gasteiger partial charge in [0.15, 0.2) is 0 Å². The highest BCUT2D eigenvalue weighted by Crippen LogP contribution is 2.36. The third-order valence-electron chi connectivity index (χ3n) is 2.67. The van der Waals surface area contributed by atoms with Crippen molar-refractivity contribution in [2.75, 3.05) is 26.1 Å². The van der Waals surface area contributed by atoms with Crippen molar-refractivity contribution in [2.45, 2.75) is 13.8 Å². The molecule has 5 nitrogen and oxygen atoms in total. The summed E-state index contributed by atoms with van der Waals surface area (Å²) in [6, 6.07) is 1.80. The highest BCUT2D eigenvalue weighted by molar-refractivity contribution is 5.80. The van der Waals surface area contributed by atoms with Gasteiger partial charge in [0.25, 0.3) is 0 Å². The van der Waals surface area contributed by atoms with Crippen LogP contribution in [0.5, 0.6) is 11.5 Å². The number of primary amides is 1. The van der Waals surface area contributed by atoms with Gasteiger partial charge in [-0.05, 0) is 25.0 Å². The van der Waals surface area contributed by atoms with Crippen LogP contribution in [0.2, 0.25) is 0 Å². The number of nitrogens with two attached hydrogens (primary N) is 1. The van der Waals surface area contributed by atoms with E-state index in [1.54, 1.807) is 20.3 Å². The molecule has 1 rings (SSSR count). The summed E-state index contributed by atoms with van der Waals surface area (Å²) in [6.45, 7) is 3.95. The Morgan fingerprint density at radius 1 is 1.29 bits per heavy atom. The van der Waals surface area contributed by atoms with E-state index in [9.17, 15) is 4.79 Å². The summed E-state index contributed by atoms with van der Waals surface area (Å²) in [5, 5.41) is 2.93. The fraction of sp³-hybridized carbons (Fsp3) is 0.417. The molecule has 0 spiro atoms. The molecule has 0 saturated carbocycles. The van der Waals surface area contributed by atoms with Crippen molar-refractivity contribution in [2.24, 2.45) is 5.73 Å². The number of nitrogens with one attached hydrogen (secondary N) is 1. The maximum atomic E-state index is 10.8. The van der Waals surface area contributed by atoms with E-state index < -0.39 is 5.91 Å². The molecule has 1 aromatic rings. The summed E-state index contributed by atoms with van der Waals surface area (Å²) >= 11 is 0. The van der Waals surface area contributed by atoms with Gasteiger partial charge in [-0.1, -0.05) is 0 Å². The van der Waals surface area contributed by atoms with Crippen molar-refractivity contribution < 1.29 is 14.3 Å². The van der Waals surface area contributed by atoms with Gasteiger partial charge in [-0.25, -0.2) is 0 Å². The Balaban J connectivity index is 3.17. The summed E-state index contributed by atoms with van der Waals surface area (Å²) in [5.41, 5.74) is 7.78. The number of benzene rings is 1. The molecule has 0 heterocycles. The highest BCUT2D eigenvalue weighted by atomic mass is 16.5. The average Bonchev–Trinajstić information content (AvgIpc) is 2.30. The van der Waals surface area contributed by atoms with Crippen LogP contribution in [0.1, 0.15) is 11.1 Å². The Hall–Kier alpha value is -1.91. The van der Waals surface area contributed by atoms with Crippen LogP contribution in [0.15, 0.2) is 6.07 Å². The van der Waals surface area contributed by atoms with E-state index in [1.807, 2.05) is 13.8 Å². The van der Waals surface area contributed by atoms with Gasteiger partial charge in [0, 0.05) is 6.07 Å². The van der Waals surface area contributed by atoms with E-state index in [4.69, 9.17) is 15.2 Å². The number of rotatable bonds is 5. The first-order chi connectivity index (χ1) is 8.01. The number of amides is 1. The Bertz CT molecular complexity index is 430. The van der Waals surface area contributed by atoms with Crippen LogP contribution >= 0.6 is 0 Å². The number of hydrogen-bond donors (Lipinski definition) is 2. The lowest BCUT2D eigenvalue weighted by Gasteiger charge is -2.17. The largest absolute Gasteiger partial charge is 0.496 e. The van der Waals surface area contributed by atoms with Crippen LogP contribution in [-0.2, 0) is 4.79 Å². The highest BCUT2D eigenvalue weighted by Gasteiger charge is 2.13. The zero-order valence-electron chi connectivity index (χ0n) is 10.6. The number of anilines is 1. The molecule has 1 amide bonds. The van der Waals surface area contributed by atoms with Crippen molar-refractivity contribution in [3.05, 3.63) is 17.2 Å². The number of ether oxygens (including phenoxy) is 2. The lowest BCUT2D eigenvalue weighted by atomic mass is 10.1. The molecule has 1 aromatic carbocycles. The fourth-order valence-electron chi connectivity index (χ4n) is 1.65. The van der Waals surface area contributed by atoms with Crippen LogP contribution in [-0.4, -0.2) is 26.7 Å². The van der Waals surface area contributed by atoms with E-state index in [0.29, 0.717) is 11.4 Å². The minimum absolute atomic E-state index is 0.0576.